The van der Waals surface area contributed by atoms with Crippen molar-refractivity contribution in [3.8, 4) is 33.9 Å². The third-order valence-electron chi connectivity index (χ3n) is 10.6. The molecule has 1 saturated heterocycles. The molecule has 0 spiro atoms. The van der Waals surface area contributed by atoms with Crippen molar-refractivity contribution in [3.63, 3.8) is 0 Å². The van der Waals surface area contributed by atoms with E-state index < -0.39 is 7.12 Å². The van der Waals surface area contributed by atoms with Gasteiger partial charge in [0.1, 0.15) is 0 Å². The van der Waals surface area contributed by atoms with Crippen LogP contribution in [0.15, 0.2) is 84.9 Å². The Balaban J connectivity index is 1.19. The summed E-state index contributed by atoms with van der Waals surface area (Å²) in [6.45, 7) is 8.36. The van der Waals surface area contributed by atoms with Gasteiger partial charge in [-0.05, 0) is 98.8 Å². The number of benzene rings is 3. The van der Waals surface area contributed by atoms with E-state index in [0.29, 0.717) is 0 Å². The highest BCUT2D eigenvalue weighted by molar-refractivity contribution is 6.62. The summed E-state index contributed by atoms with van der Waals surface area (Å²) >= 11 is 0. The Morgan fingerprint density at radius 2 is 1.30 bits per heavy atom. The molecule has 40 heavy (non-hydrogen) atoms. The van der Waals surface area contributed by atoms with Crippen molar-refractivity contribution in [3.05, 3.63) is 90.5 Å². The maximum Gasteiger partial charge on any atom is 0.494 e. The van der Waals surface area contributed by atoms with E-state index in [1.807, 2.05) is 6.07 Å². The quantitative estimate of drug-likeness (QED) is 0.259. The molecule has 3 saturated carbocycles. The Hall–Kier alpha value is -3.28. The Labute approximate surface area is 237 Å². The van der Waals surface area contributed by atoms with Crippen LogP contribution in [-0.4, -0.2) is 28.3 Å². The van der Waals surface area contributed by atoms with Crippen LogP contribution in [-0.2, 0) is 9.31 Å². The van der Waals surface area contributed by atoms with E-state index in [2.05, 4.69) is 107 Å². The van der Waals surface area contributed by atoms with Crippen molar-refractivity contribution < 1.29 is 9.31 Å². The predicted molar refractivity (Wildman–Crippen MR) is 160 cm³/mol. The van der Waals surface area contributed by atoms with E-state index >= 15 is 0 Å². The van der Waals surface area contributed by atoms with Gasteiger partial charge in [-0.2, -0.15) is 0 Å². The summed E-state index contributed by atoms with van der Waals surface area (Å²) in [4.78, 5) is 10.3. The highest BCUT2D eigenvalue weighted by atomic mass is 16.7. The van der Waals surface area contributed by atoms with Crippen molar-refractivity contribution in [2.75, 3.05) is 0 Å². The van der Waals surface area contributed by atoms with Crippen molar-refractivity contribution in [2.45, 2.75) is 57.7 Å². The van der Waals surface area contributed by atoms with E-state index in [1.165, 1.54) is 18.4 Å². The Kier molecular flexibility index (Phi) is 5.28. The molecule has 2 unspecified atom stereocenters. The Bertz CT molecular complexity index is 1590. The zero-order chi connectivity index (χ0) is 27.2. The number of hydrogen-bond acceptors (Lipinski definition) is 4. The standard InChI is InChI=1S/C35H35BN2O2/c1-34(2)35(3,4)40-36(39-34)26-15-9-12-22(17-26)30-20-29(21-10-6-5-7-11-21)37-33(38-30)24-14-8-13-23(16-24)31-27-18-25-19-28(31)32(25)27/h5-17,20,25,27-28,31-32H,18-19H2,1-4H3. The van der Waals surface area contributed by atoms with Crippen molar-refractivity contribution in [1.29, 1.82) is 0 Å². The molecule has 0 radical (unpaired) electrons. The van der Waals surface area contributed by atoms with E-state index in [1.54, 1.807) is 0 Å². The fourth-order valence-electron chi connectivity index (χ4n) is 7.68. The molecule has 0 amide bonds. The lowest BCUT2D eigenvalue weighted by Gasteiger charge is -2.73. The van der Waals surface area contributed by atoms with Gasteiger partial charge in [-0.3, -0.25) is 0 Å². The molecule has 1 aliphatic heterocycles. The Morgan fingerprint density at radius 3 is 1.98 bits per heavy atom. The van der Waals surface area contributed by atoms with Gasteiger partial charge in [0.05, 0.1) is 22.6 Å². The minimum Gasteiger partial charge on any atom is -0.399 e. The lowest BCUT2D eigenvalue weighted by atomic mass is 9.31. The summed E-state index contributed by atoms with van der Waals surface area (Å²) in [6.07, 6.45) is 2.86. The van der Waals surface area contributed by atoms with E-state index in [-0.39, 0.29) is 11.2 Å². The summed E-state index contributed by atoms with van der Waals surface area (Å²) in [5.74, 6) is 5.37. The molecule has 5 heteroatoms. The molecule has 8 rings (SSSR count). The van der Waals surface area contributed by atoms with Gasteiger partial charge >= 0.3 is 7.12 Å². The second kappa shape index (κ2) is 8.61. The van der Waals surface area contributed by atoms with Crippen molar-refractivity contribution in [1.82, 2.24) is 9.97 Å². The van der Waals surface area contributed by atoms with Crippen LogP contribution in [0.3, 0.4) is 0 Å². The van der Waals surface area contributed by atoms with Gasteiger partial charge in [-0.25, -0.2) is 9.97 Å². The van der Waals surface area contributed by atoms with Crippen LogP contribution in [0, 0.1) is 23.7 Å². The van der Waals surface area contributed by atoms with Gasteiger partial charge in [0.25, 0.3) is 0 Å². The van der Waals surface area contributed by atoms with Crippen LogP contribution < -0.4 is 5.46 Å². The molecular formula is C35H35BN2O2. The molecule has 4 aromatic rings. The molecule has 0 bridgehead atoms. The second-order valence-electron chi connectivity index (χ2n) is 13.3. The first-order valence-corrected chi connectivity index (χ1v) is 14.8. The summed E-state index contributed by atoms with van der Waals surface area (Å²) < 4.78 is 12.7. The summed E-state index contributed by atoms with van der Waals surface area (Å²) in [5.41, 5.74) is 6.73. The molecule has 2 atom stereocenters. The Morgan fingerprint density at radius 1 is 0.675 bits per heavy atom. The van der Waals surface area contributed by atoms with Crippen LogP contribution in [0.1, 0.15) is 52.0 Å². The van der Waals surface area contributed by atoms with Gasteiger partial charge in [-0.15, -0.1) is 0 Å². The lowest BCUT2D eigenvalue weighted by Crippen LogP contribution is -2.65. The number of nitrogens with zero attached hydrogens (tertiary/aromatic N) is 2. The number of hydrogen-bond donors (Lipinski definition) is 0. The molecular weight excluding hydrogens is 491 g/mol. The molecule has 3 aliphatic carbocycles. The van der Waals surface area contributed by atoms with E-state index in [9.17, 15) is 0 Å². The third kappa shape index (κ3) is 3.67. The van der Waals surface area contributed by atoms with Crippen LogP contribution in [0.2, 0.25) is 0 Å². The second-order valence-corrected chi connectivity index (χ2v) is 13.3. The fraction of sp³-hybridized carbons (Fsp3) is 0.371. The monoisotopic (exact) mass is 526 g/mol. The molecule has 4 nitrogen and oxygen atoms in total. The summed E-state index contributed by atoms with van der Waals surface area (Å²) in [5, 5.41) is 0. The van der Waals surface area contributed by atoms with Crippen molar-refractivity contribution >= 4 is 12.6 Å². The maximum atomic E-state index is 6.36. The zero-order valence-corrected chi connectivity index (χ0v) is 23.7. The molecule has 2 heterocycles. The highest BCUT2D eigenvalue weighted by Gasteiger charge is 2.67. The average molecular weight is 526 g/mol. The number of aromatic nitrogens is 2. The zero-order valence-electron chi connectivity index (χ0n) is 23.7. The van der Waals surface area contributed by atoms with E-state index in [0.717, 1.165) is 69.0 Å². The van der Waals surface area contributed by atoms with Gasteiger partial charge in [0.2, 0.25) is 0 Å². The highest BCUT2D eigenvalue weighted by Crippen LogP contribution is 2.75. The van der Waals surface area contributed by atoms with E-state index in [4.69, 9.17) is 19.3 Å². The maximum absolute atomic E-state index is 6.36. The first-order chi connectivity index (χ1) is 19.3. The van der Waals surface area contributed by atoms with Gasteiger partial charge < -0.3 is 9.31 Å². The SMILES string of the molecule is CC1(C)OB(c2cccc(-c3cc(-c4ccccc4)nc(-c4cccc(C5C6CC7CC5C76)c4)n3)c2)OC1(C)C. The molecule has 0 N–H and O–H groups in total. The predicted octanol–water partition coefficient (Wildman–Crippen LogP) is 7.15. The van der Waals surface area contributed by atoms with Crippen LogP contribution >= 0.6 is 0 Å². The molecule has 4 aliphatic rings. The van der Waals surface area contributed by atoms with Crippen LogP contribution in [0.25, 0.3) is 33.9 Å². The summed E-state index contributed by atoms with van der Waals surface area (Å²) in [7, 11) is -0.416. The normalized spacial score (nSPS) is 28.7. The van der Waals surface area contributed by atoms with Crippen LogP contribution in [0.4, 0.5) is 0 Å². The first-order valence-electron chi connectivity index (χ1n) is 14.8. The lowest BCUT2D eigenvalue weighted by molar-refractivity contribution is -0.214. The number of rotatable bonds is 5. The van der Waals surface area contributed by atoms with Gasteiger partial charge in [0.15, 0.2) is 5.82 Å². The first kappa shape index (κ1) is 24.5. The van der Waals surface area contributed by atoms with Crippen molar-refractivity contribution in [2.24, 2.45) is 23.7 Å². The summed E-state index contributed by atoms with van der Waals surface area (Å²) in [6, 6.07) is 30.0. The molecule has 200 valence electrons. The third-order valence-corrected chi connectivity index (χ3v) is 10.6. The molecule has 1 aromatic heterocycles. The van der Waals surface area contributed by atoms with Gasteiger partial charge in [0, 0.05) is 11.1 Å². The van der Waals surface area contributed by atoms with Crippen LogP contribution in [0.5, 0.6) is 0 Å². The smallest absolute Gasteiger partial charge is 0.399 e. The minimum atomic E-state index is -0.416. The largest absolute Gasteiger partial charge is 0.494 e. The topological polar surface area (TPSA) is 44.2 Å². The molecule has 3 aromatic carbocycles. The fourth-order valence-corrected chi connectivity index (χ4v) is 7.68. The minimum absolute atomic E-state index is 0.387. The van der Waals surface area contributed by atoms with Gasteiger partial charge in [-0.1, -0.05) is 72.8 Å². The average Bonchev–Trinajstić information content (AvgIpc) is 3.19. The molecule has 4 fully saturated rings.